The lowest BCUT2D eigenvalue weighted by molar-refractivity contribution is 0.187. The quantitative estimate of drug-likeness (QED) is 0.795. The van der Waals surface area contributed by atoms with Crippen LogP contribution in [-0.4, -0.2) is 36.2 Å². The van der Waals surface area contributed by atoms with Gasteiger partial charge in [0, 0.05) is 37.0 Å². The van der Waals surface area contributed by atoms with Gasteiger partial charge >= 0.3 is 0 Å². The predicted octanol–water partition coefficient (Wildman–Crippen LogP) is 1.15. The van der Waals surface area contributed by atoms with Crippen molar-refractivity contribution in [3.63, 3.8) is 0 Å². The molecule has 0 saturated carbocycles. The average Bonchev–Trinajstić information content (AvgIpc) is 2.84. The smallest absolute Gasteiger partial charge is 0.176 e. The molecule has 1 aromatic rings. The summed E-state index contributed by atoms with van der Waals surface area (Å²) < 4.78 is 13.1. The summed E-state index contributed by atoms with van der Waals surface area (Å²) in [5.74, 6) is -0.0551. The second-order valence-corrected chi connectivity index (χ2v) is 5.54. The minimum Gasteiger partial charge on any atom is -0.396 e. The van der Waals surface area contributed by atoms with E-state index in [1.165, 1.54) is 6.07 Å². The van der Waals surface area contributed by atoms with Crippen molar-refractivity contribution in [1.82, 2.24) is 4.90 Å². The number of halogens is 1. The average molecular weight is 256 g/mol. The van der Waals surface area contributed by atoms with Crippen LogP contribution in [0.5, 0.6) is 0 Å². The summed E-state index contributed by atoms with van der Waals surface area (Å²) >= 11 is 1.07. The van der Waals surface area contributed by atoms with Gasteiger partial charge in [0.25, 0.3) is 0 Å². The fraction of sp³-hybridized carbons (Fsp3) is 0.500. The second-order valence-electron chi connectivity index (χ2n) is 4.51. The fourth-order valence-electron chi connectivity index (χ4n) is 2.42. The molecule has 0 spiro atoms. The summed E-state index contributed by atoms with van der Waals surface area (Å²) in [6, 6.07) is 3.15. The summed E-state index contributed by atoms with van der Waals surface area (Å²) in [5.41, 5.74) is 5.73. The summed E-state index contributed by atoms with van der Waals surface area (Å²) in [5, 5.41) is 9.20. The zero-order chi connectivity index (χ0) is 12.5. The van der Waals surface area contributed by atoms with Gasteiger partial charge < -0.3 is 10.8 Å². The van der Waals surface area contributed by atoms with E-state index in [2.05, 4.69) is 11.5 Å². The van der Waals surface area contributed by atoms with Crippen molar-refractivity contribution >= 4 is 11.3 Å². The molecule has 94 valence electrons. The van der Waals surface area contributed by atoms with Crippen molar-refractivity contribution in [2.75, 3.05) is 26.2 Å². The van der Waals surface area contributed by atoms with E-state index in [9.17, 15) is 9.50 Å². The van der Waals surface area contributed by atoms with Crippen LogP contribution < -0.4 is 5.73 Å². The highest BCUT2D eigenvalue weighted by molar-refractivity contribution is 7.10. The van der Waals surface area contributed by atoms with Crippen molar-refractivity contribution in [2.45, 2.75) is 5.54 Å². The lowest BCUT2D eigenvalue weighted by atomic mass is 9.87. The monoisotopic (exact) mass is 256 g/mol. The van der Waals surface area contributed by atoms with Gasteiger partial charge in [0.05, 0.1) is 5.54 Å². The molecule has 1 aromatic heterocycles. The third kappa shape index (κ3) is 2.28. The normalized spacial score (nSPS) is 29.7. The molecule has 2 rings (SSSR count). The first-order chi connectivity index (χ1) is 8.10. The molecule has 5 heteroatoms. The first-order valence-corrected chi connectivity index (χ1v) is 6.40. The minimum absolute atomic E-state index is 0.0175. The maximum Gasteiger partial charge on any atom is 0.176 e. The van der Waals surface area contributed by atoms with Crippen LogP contribution in [0.15, 0.2) is 24.8 Å². The molecule has 3 N–H and O–H groups in total. The van der Waals surface area contributed by atoms with Crippen LogP contribution >= 0.6 is 11.3 Å². The number of aliphatic hydroxyl groups excluding tert-OH is 1. The van der Waals surface area contributed by atoms with Gasteiger partial charge in [0.2, 0.25) is 0 Å². The zero-order valence-corrected chi connectivity index (χ0v) is 10.4. The number of aliphatic hydroxyl groups is 1. The third-order valence-electron chi connectivity index (χ3n) is 3.33. The number of likely N-dealkylation sites (tertiary alicyclic amines) is 1. The molecule has 3 nitrogen and oxygen atoms in total. The molecule has 1 aliphatic heterocycles. The minimum atomic E-state index is -0.646. The number of hydrogen-bond donors (Lipinski definition) is 2. The largest absolute Gasteiger partial charge is 0.396 e. The van der Waals surface area contributed by atoms with Gasteiger partial charge in [-0.1, -0.05) is 6.08 Å². The Kier molecular flexibility index (Phi) is 3.63. The number of rotatable bonds is 4. The molecule has 0 aromatic carbocycles. The van der Waals surface area contributed by atoms with Crippen LogP contribution in [0.2, 0.25) is 0 Å². The van der Waals surface area contributed by atoms with Gasteiger partial charge in [-0.15, -0.1) is 17.9 Å². The van der Waals surface area contributed by atoms with Crippen LogP contribution in [0.3, 0.4) is 0 Å². The summed E-state index contributed by atoms with van der Waals surface area (Å²) in [7, 11) is 0. The molecule has 0 bridgehead atoms. The summed E-state index contributed by atoms with van der Waals surface area (Å²) in [6.07, 6.45) is 1.81. The van der Waals surface area contributed by atoms with Crippen molar-refractivity contribution < 1.29 is 9.50 Å². The van der Waals surface area contributed by atoms with E-state index in [-0.39, 0.29) is 17.7 Å². The SMILES string of the molecule is C=CCN1CC(CO)C(N)(c2ccc(F)s2)C1. The number of nitrogens with two attached hydrogens (primary N) is 1. The van der Waals surface area contributed by atoms with Gasteiger partial charge in [0.15, 0.2) is 5.13 Å². The van der Waals surface area contributed by atoms with Gasteiger partial charge in [-0.25, -0.2) is 0 Å². The molecular weight excluding hydrogens is 239 g/mol. The number of nitrogens with zero attached hydrogens (tertiary/aromatic N) is 1. The van der Waals surface area contributed by atoms with E-state index in [1.54, 1.807) is 6.07 Å². The van der Waals surface area contributed by atoms with Crippen LogP contribution in [0, 0.1) is 11.0 Å². The van der Waals surface area contributed by atoms with Crippen LogP contribution in [0.25, 0.3) is 0 Å². The van der Waals surface area contributed by atoms with Crippen LogP contribution in [-0.2, 0) is 5.54 Å². The second kappa shape index (κ2) is 4.86. The highest BCUT2D eigenvalue weighted by Gasteiger charge is 2.45. The molecule has 0 amide bonds. The number of hydrogen-bond acceptors (Lipinski definition) is 4. The molecule has 1 aliphatic rings. The zero-order valence-electron chi connectivity index (χ0n) is 9.60. The summed E-state index contributed by atoms with van der Waals surface area (Å²) in [4.78, 5) is 2.94. The Labute approximate surface area is 104 Å². The Morgan fingerprint density at radius 2 is 2.47 bits per heavy atom. The first kappa shape index (κ1) is 12.7. The lowest BCUT2D eigenvalue weighted by Crippen LogP contribution is -2.45. The Balaban J connectivity index is 2.25. The Morgan fingerprint density at radius 1 is 1.71 bits per heavy atom. The van der Waals surface area contributed by atoms with Gasteiger partial charge in [-0.3, -0.25) is 4.90 Å². The van der Waals surface area contributed by atoms with Crippen molar-refractivity contribution in [1.29, 1.82) is 0 Å². The van der Waals surface area contributed by atoms with Crippen LogP contribution in [0.1, 0.15) is 4.88 Å². The Morgan fingerprint density at radius 3 is 3.00 bits per heavy atom. The van der Waals surface area contributed by atoms with Crippen molar-refractivity contribution in [3.8, 4) is 0 Å². The summed E-state index contributed by atoms with van der Waals surface area (Å²) in [6.45, 7) is 5.80. The Hall–Kier alpha value is -0.750. The maximum atomic E-state index is 13.1. The van der Waals surface area contributed by atoms with Gasteiger partial charge in [-0.2, -0.15) is 4.39 Å². The third-order valence-corrected chi connectivity index (χ3v) is 4.40. The highest BCUT2D eigenvalue weighted by Crippen LogP contribution is 2.37. The molecule has 0 radical (unpaired) electrons. The standard InChI is InChI=1S/C12H17FN2OS/c1-2-5-15-6-9(7-16)12(14,8-15)10-3-4-11(13)17-10/h2-4,9,16H,1,5-8,14H2. The molecule has 2 heterocycles. The molecule has 17 heavy (non-hydrogen) atoms. The maximum absolute atomic E-state index is 13.1. The molecular formula is C12H17FN2OS. The predicted molar refractivity (Wildman–Crippen MR) is 67.4 cm³/mol. The van der Waals surface area contributed by atoms with Crippen LogP contribution in [0.4, 0.5) is 4.39 Å². The van der Waals surface area contributed by atoms with E-state index < -0.39 is 5.54 Å². The molecule has 0 aliphatic carbocycles. The molecule has 2 unspecified atom stereocenters. The van der Waals surface area contributed by atoms with Gasteiger partial charge in [-0.05, 0) is 12.1 Å². The molecule has 1 saturated heterocycles. The molecule has 1 fully saturated rings. The van der Waals surface area contributed by atoms with E-state index in [1.807, 2.05) is 6.08 Å². The van der Waals surface area contributed by atoms with E-state index in [0.717, 1.165) is 29.3 Å². The van der Waals surface area contributed by atoms with Crippen molar-refractivity contribution in [2.24, 2.45) is 11.7 Å². The lowest BCUT2D eigenvalue weighted by Gasteiger charge is -2.28. The molecule has 2 atom stereocenters. The van der Waals surface area contributed by atoms with E-state index in [4.69, 9.17) is 5.73 Å². The fourth-order valence-corrected chi connectivity index (χ4v) is 3.33. The highest BCUT2D eigenvalue weighted by atomic mass is 32.1. The first-order valence-electron chi connectivity index (χ1n) is 5.59. The van der Waals surface area contributed by atoms with E-state index in [0.29, 0.717) is 6.54 Å². The topological polar surface area (TPSA) is 49.5 Å². The van der Waals surface area contributed by atoms with Gasteiger partial charge in [0.1, 0.15) is 0 Å². The Bertz CT molecular complexity index is 409. The van der Waals surface area contributed by atoms with Crippen molar-refractivity contribution in [3.05, 3.63) is 34.8 Å². The number of thiophene rings is 1. The van der Waals surface area contributed by atoms with E-state index >= 15 is 0 Å².